The Morgan fingerprint density at radius 3 is 2.29 bits per heavy atom. The van der Waals surface area contributed by atoms with Gasteiger partial charge in [0.15, 0.2) is 6.10 Å². The summed E-state index contributed by atoms with van der Waals surface area (Å²) in [7, 11) is 1.61. The summed E-state index contributed by atoms with van der Waals surface area (Å²) in [5, 5.41) is 8.69. The molecule has 0 aliphatic rings. The standard InChI is InChI=1S/C11H13NO2/c1-3-9(8-12)14-11-6-4-10(13-2)5-7-11/h4-7,9H,3H2,1-2H3/t9-/m0/s1. The number of methoxy groups -OCH3 is 1. The van der Waals surface area contributed by atoms with Crippen molar-refractivity contribution in [2.24, 2.45) is 0 Å². The van der Waals surface area contributed by atoms with Gasteiger partial charge in [0.25, 0.3) is 0 Å². The van der Waals surface area contributed by atoms with Crippen LogP contribution >= 0.6 is 0 Å². The van der Waals surface area contributed by atoms with Crippen LogP contribution in [0.4, 0.5) is 0 Å². The molecular formula is C11H13NO2. The first-order valence-corrected chi connectivity index (χ1v) is 4.50. The third-order valence-electron chi connectivity index (χ3n) is 1.85. The van der Waals surface area contributed by atoms with E-state index in [1.54, 1.807) is 31.4 Å². The lowest BCUT2D eigenvalue weighted by molar-refractivity contribution is 0.251. The van der Waals surface area contributed by atoms with Gasteiger partial charge in [-0.25, -0.2) is 0 Å². The molecule has 3 heteroatoms. The van der Waals surface area contributed by atoms with Gasteiger partial charge >= 0.3 is 0 Å². The molecule has 0 saturated carbocycles. The molecule has 1 aromatic rings. The van der Waals surface area contributed by atoms with E-state index in [9.17, 15) is 0 Å². The molecule has 0 N–H and O–H groups in total. The second kappa shape index (κ2) is 5.13. The highest BCUT2D eigenvalue weighted by Gasteiger charge is 2.05. The third kappa shape index (κ3) is 2.67. The first kappa shape index (κ1) is 10.4. The van der Waals surface area contributed by atoms with Crippen LogP contribution in [0.5, 0.6) is 11.5 Å². The fraction of sp³-hybridized carbons (Fsp3) is 0.364. The summed E-state index contributed by atoms with van der Waals surface area (Å²) in [4.78, 5) is 0. The van der Waals surface area contributed by atoms with Crippen molar-refractivity contribution in [3.8, 4) is 17.6 Å². The zero-order valence-corrected chi connectivity index (χ0v) is 8.36. The van der Waals surface area contributed by atoms with Gasteiger partial charge in [0.05, 0.1) is 7.11 Å². The predicted octanol–water partition coefficient (Wildman–Crippen LogP) is 2.38. The molecule has 3 nitrogen and oxygen atoms in total. The van der Waals surface area contributed by atoms with Gasteiger partial charge in [0, 0.05) is 0 Å². The number of hydrogen-bond donors (Lipinski definition) is 0. The Labute approximate surface area is 83.9 Å². The molecular weight excluding hydrogens is 178 g/mol. The minimum absolute atomic E-state index is 0.372. The lowest BCUT2D eigenvalue weighted by Crippen LogP contribution is -2.11. The van der Waals surface area contributed by atoms with Crippen LogP contribution in [-0.2, 0) is 0 Å². The van der Waals surface area contributed by atoms with E-state index in [1.165, 1.54) is 0 Å². The van der Waals surface area contributed by atoms with E-state index >= 15 is 0 Å². The third-order valence-corrected chi connectivity index (χ3v) is 1.85. The van der Waals surface area contributed by atoms with Crippen molar-refractivity contribution < 1.29 is 9.47 Å². The van der Waals surface area contributed by atoms with E-state index in [2.05, 4.69) is 6.07 Å². The minimum atomic E-state index is -0.372. The van der Waals surface area contributed by atoms with E-state index in [1.807, 2.05) is 6.92 Å². The zero-order valence-electron chi connectivity index (χ0n) is 8.36. The number of benzene rings is 1. The smallest absolute Gasteiger partial charge is 0.184 e. The summed E-state index contributed by atoms with van der Waals surface area (Å²) in [6, 6.07) is 9.27. The van der Waals surface area contributed by atoms with Gasteiger partial charge < -0.3 is 9.47 Å². The maximum Gasteiger partial charge on any atom is 0.184 e. The van der Waals surface area contributed by atoms with Crippen molar-refractivity contribution in [1.29, 1.82) is 5.26 Å². The van der Waals surface area contributed by atoms with Crippen LogP contribution in [0.2, 0.25) is 0 Å². The van der Waals surface area contributed by atoms with E-state index < -0.39 is 0 Å². The largest absolute Gasteiger partial charge is 0.497 e. The fourth-order valence-electron chi connectivity index (χ4n) is 1.02. The average Bonchev–Trinajstić information content (AvgIpc) is 2.26. The Hall–Kier alpha value is -1.69. The molecule has 0 aliphatic carbocycles. The van der Waals surface area contributed by atoms with E-state index in [0.717, 1.165) is 5.75 Å². The van der Waals surface area contributed by atoms with Crippen molar-refractivity contribution in [3.05, 3.63) is 24.3 Å². The Morgan fingerprint density at radius 2 is 1.86 bits per heavy atom. The van der Waals surface area contributed by atoms with Crippen LogP contribution in [0.3, 0.4) is 0 Å². The molecule has 0 saturated heterocycles. The summed E-state index contributed by atoms with van der Waals surface area (Å²) in [5.41, 5.74) is 0. The lowest BCUT2D eigenvalue weighted by atomic mass is 10.3. The lowest BCUT2D eigenvalue weighted by Gasteiger charge is -2.10. The summed E-state index contributed by atoms with van der Waals surface area (Å²) < 4.78 is 10.4. The quantitative estimate of drug-likeness (QED) is 0.733. The first-order valence-electron chi connectivity index (χ1n) is 4.50. The molecule has 74 valence electrons. The molecule has 0 amide bonds. The van der Waals surface area contributed by atoms with Crippen LogP contribution in [0, 0.1) is 11.3 Å². The van der Waals surface area contributed by atoms with Gasteiger partial charge in [0.1, 0.15) is 17.6 Å². The van der Waals surface area contributed by atoms with Crippen molar-refractivity contribution in [2.75, 3.05) is 7.11 Å². The Morgan fingerprint density at radius 1 is 1.29 bits per heavy atom. The Balaban J connectivity index is 2.64. The number of nitrogens with zero attached hydrogens (tertiary/aromatic N) is 1. The molecule has 0 aromatic heterocycles. The molecule has 1 rings (SSSR count). The molecule has 0 unspecified atom stereocenters. The van der Waals surface area contributed by atoms with Crippen LogP contribution in [0.1, 0.15) is 13.3 Å². The van der Waals surface area contributed by atoms with Crippen LogP contribution < -0.4 is 9.47 Å². The van der Waals surface area contributed by atoms with Gasteiger partial charge in [-0.15, -0.1) is 0 Å². The molecule has 0 bridgehead atoms. The van der Waals surface area contributed by atoms with Gasteiger partial charge in [-0.1, -0.05) is 6.92 Å². The van der Waals surface area contributed by atoms with Crippen LogP contribution in [0.15, 0.2) is 24.3 Å². The summed E-state index contributed by atoms with van der Waals surface area (Å²) in [6.07, 6.45) is 0.311. The van der Waals surface area contributed by atoms with Crippen molar-refractivity contribution in [2.45, 2.75) is 19.4 Å². The molecule has 1 aromatic carbocycles. The highest BCUT2D eigenvalue weighted by molar-refractivity contribution is 5.31. The van der Waals surface area contributed by atoms with E-state index in [-0.39, 0.29) is 6.10 Å². The number of nitriles is 1. The molecule has 0 fully saturated rings. The van der Waals surface area contributed by atoms with Crippen molar-refractivity contribution in [1.82, 2.24) is 0 Å². The maximum atomic E-state index is 8.69. The normalized spacial score (nSPS) is 11.5. The SMILES string of the molecule is CC[C@@H](C#N)Oc1ccc(OC)cc1. The van der Waals surface area contributed by atoms with Gasteiger partial charge in [-0.05, 0) is 30.7 Å². The highest BCUT2D eigenvalue weighted by atomic mass is 16.5. The molecule has 0 aliphatic heterocycles. The molecule has 0 radical (unpaired) electrons. The Kier molecular flexibility index (Phi) is 3.81. The zero-order chi connectivity index (χ0) is 10.4. The van der Waals surface area contributed by atoms with Crippen molar-refractivity contribution in [3.63, 3.8) is 0 Å². The topological polar surface area (TPSA) is 42.2 Å². The monoisotopic (exact) mass is 191 g/mol. The van der Waals surface area contributed by atoms with Crippen LogP contribution in [0.25, 0.3) is 0 Å². The second-order valence-electron chi connectivity index (χ2n) is 2.82. The highest BCUT2D eigenvalue weighted by Crippen LogP contribution is 2.18. The fourth-order valence-corrected chi connectivity index (χ4v) is 1.02. The van der Waals surface area contributed by atoms with Crippen LogP contribution in [-0.4, -0.2) is 13.2 Å². The van der Waals surface area contributed by atoms with Gasteiger partial charge in [-0.2, -0.15) is 5.26 Å². The minimum Gasteiger partial charge on any atom is -0.497 e. The van der Waals surface area contributed by atoms with E-state index in [0.29, 0.717) is 12.2 Å². The summed E-state index contributed by atoms with van der Waals surface area (Å²) in [5.74, 6) is 1.47. The van der Waals surface area contributed by atoms with E-state index in [4.69, 9.17) is 14.7 Å². The molecule has 1 atom stereocenters. The van der Waals surface area contributed by atoms with Gasteiger partial charge in [-0.3, -0.25) is 0 Å². The maximum absolute atomic E-state index is 8.69. The number of hydrogen-bond acceptors (Lipinski definition) is 3. The molecule has 0 spiro atoms. The number of ether oxygens (including phenoxy) is 2. The second-order valence-corrected chi connectivity index (χ2v) is 2.82. The molecule has 14 heavy (non-hydrogen) atoms. The Bertz CT molecular complexity index is 313. The number of rotatable bonds is 4. The summed E-state index contributed by atoms with van der Waals surface area (Å²) in [6.45, 7) is 1.91. The first-order chi connectivity index (χ1) is 6.80. The molecule has 0 heterocycles. The van der Waals surface area contributed by atoms with Gasteiger partial charge in [0.2, 0.25) is 0 Å². The average molecular weight is 191 g/mol. The predicted molar refractivity (Wildman–Crippen MR) is 53.3 cm³/mol. The summed E-state index contributed by atoms with van der Waals surface area (Å²) >= 11 is 0. The van der Waals surface area contributed by atoms with Crippen molar-refractivity contribution >= 4 is 0 Å².